The number of carbonyl (C=O) groups is 1. The van der Waals surface area contributed by atoms with Gasteiger partial charge >= 0.3 is 5.97 Å². The first-order valence-corrected chi connectivity index (χ1v) is 13.0. The maximum absolute atomic E-state index is 12.9. The number of aryl methyl sites for hydroxylation is 1. The van der Waals surface area contributed by atoms with E-state index in [9.17, 15) is 18.3 Å². The van der Waals surface area contributed by atoms with Crippen molar-refractivity contribution in [3.05, 3.63) is 29.3 Å². The van der Waals surface area contributed by atoms with Crippen molar-refractivity contribution in [3.63, 3.8) is 0 Å². The molecule has 3 N–H and O–H groups in total. The van der Waals surface area contributed by atoms with Crippen LogP contribution in [-0.2, 0) is 26.2 Å². The number of rotatable bonds is 3. The van der Waals surface area contributed by atoms with Gasteiger partial charge in [0.25, 0.3) is 10.2 Å². The predicted octanol–water partition coefficient (Wildman–Crippen LogP) is 2.83. The molecule has 7 nitrogen and oxygen atoms in total. The Morgan fingerprint density at radius 1 is 1.23 bits per heavy atom. The summed E-state index contributed by atoms with van der Waals surface area (Å²) in [6.07, 6.45) is 6.91. The molecule has 170 valence electrons. The fraction of sp³-hybridized carbons (Fsp3) is 0.696. The van der Waals surface area contributed by atoms with Gasteiger partial charge < -0.3 is 9.84 Å². The number of phenolic OH excluding ortho intramolecular Hbond substituents is 1. The van der Waals surface area contributed by atoms with Crippen LogP contribution in [-0.4, -0.2) is 42.5 Å². The largest absolute Gasteiger partial charge is 0.508 e. The van der Waals surface area contributed by atoms with E-state index in [-0.39, 0.29) is 18.1 Å². The summed E-state index contributed by atoms with van der Waals surface area (Å²) in [5.41, 5.74) is 2.58. The average molecular weight is 449 g/mol. The number of nitrogens with zero attached hydrogens (tertiary/aromatic N) is 1. The highest BCUT2D eigenvalue weighted by Gasteiger charge is 2.56. The Morgan fingerprint density at radius 3 is 2.81 bits per heavy atom. The van der Waals surface area contributed by atoms with E-state index >= 15 is 0 Å². The van der Waals surface area contributed by atoms with E-state index in [1.54, 1.807) is 6.07 Å². The second-order valence-electron chi connectivity index (χ2n) is 10.2. The van der Waals surface area contributed by atoms with Crippen LogP contribution < -0.4 is 5.14 Å². The number of fused-ring (bicyclic) bond motifs is 5. The first kappa shape index (κ1) is 21.2. The molecule has 2 saturated carbocycles. The number of hydrogen-bond donors (Lipinski definition) is 2. The molecule has 0 unspecified atom stereocenters. The number of nitrogens with two attached hydrogens (primary N) is 1. The Balaban J connectivity index is 1.33. The van der Waals surface area contributed by atoms with Gasteiger partial charge in [0.2, 0.25) is 0 Å². The zero-order chi connectivity index (χ0) is 22.0. The molecule has 1 heterocycles. The first-order valence-electron chi connectivity index (χ1n) is 11.5. The van der Waals surface area contributed by atoms with Gasteiger partial charge in [0, 0.05) is 12.0 Å². The molecule has 1 aliphatic heterocycles. The molecule has 0 amide bonds. The molecule has 3 aliphatic carbocycles. The molecule has 6 atom stereocenters. The summed E-state index contributed by atoms with van der Waals surface area (Å²) in [4.78, 5) is 12.9. The highest BCUT2D eigenvalue weighted by atomic mass is 32.2. The Hall–Kier alpha value is -1.64. The minimum absolute atomic E-state index is 0.0731. The molecule has 0 aromatic heterocycles. The lowest BCUT2D eigenvalue weighted by Crippen LogP contribution is -2.48. The van der Waals surface area contributed by atoms with E-state index in [0.717, 1.165) is 42.8 Å². The van der Waals surface area contributed by atoms with Crippen LogP contribution in [0.1, 0.15) is 68.9 Å². The lowest BCUT2D eigenvalue weighted by molar-refractivity contribution is -0.161. The summed E-state index contributed by atoms with van der Waals surface area (Å²) >= 11 is 0. The summed E-state index contributed by atoms with van der Waals surface area (Å²) in [7, 11) is -3.90. The van der Waals surface area contributed by atoms with E-state index in [0.29, 0.717) is 36.3 Å². The van der Waals surface area contributed by atoms with Gasteiger partial charge in [-0.2, -0.15) is 12.7 Å². The highest BCUT2D eigenvalue weighted by Crippen LogP contribution is 2.61. The molecular weight excluding hydrogens is 416 g/mol. The zero-order valence-corrected chi connectivity index (χ0v) is 18.8. The third-order valence-corrected chi connectivity index (χ3v) is 9.77. The van der Waals surface area contributed by atoms with Crippen LogP contribution >= 0.6 is 0 Å². The molecule has 0 spiro atoms. The lowest BCUT2D eigenvalue weighted by atomic mass is 9.55. The average Bonchev–Trinajstić information content (AvgIpc) is 3.33. The number of esters is 1. The molecular formula is C23H32N2O5S. The lowest BCUT2D eigenvalue weighted by Gasteiger charge is -2.50. The van der Waals surface area contributed by atoms with Crippen molar-refractivity contribution in [2.45, 2.75) is 76.4 Å². The fourth-order valence-electron chi connectivity index (χ4n) is 7.21. The van der Waals surface area contributed by atoms with Crippen LogP contribution in [0.15, 0.2) is 18.2 Å². The van der Waals surface area contributed by atoms with E-state index < -0.39 is 22.2 Å². The number of phenols is 1. The zero-order valence-electron chi connectivity index (χ0n) is 18.0. The van der Waals surface area contributed by atoms with Gasteiger partial charge in [-0.3, -0.25) is 4.79 Å². The summed E-state index contributed by atoms with van der Waals surface area (Å²) in [5.74, 6) is 1.46. The van der Waals surface area contributed by atoms with E-state index in [1.165, 1.54) is 11.1 Å². The summed E-state index contributed by atoms with van der Waals surface area (Å²) in [6.45, 7) is 2.54. The maximum atomic E-state index is 12.9. The Morgan fingerprint density at radius 2 is 2.03 bits per heavy atom. The number of benzene rings is 1. The van der Waals surface area contributed by atoms with Gasteiger partial charge in [0.15, 0.2) is 0 Å². The van der Waals surface area contributed by atoms with Gasteiger partial charge in [-0.25, -0.2) is 5.14 Å². The van der Waals surface area contributed by atoms with Crippen LogP contribution in [0.5, 0.6) is 5.75 Å². The van der Waals surface area contributed by atoms with Gasteiger partial charge in [0.1, 0.15) is 17.9 Å². The fourth-order valence-corrected chi connectivity index (χ4v) is 8.14. The van der Waals surface area contributed by atoms with E-state index in [4.69, 9.17) is 9.88 Å². The molecule has 0 radical (unpaired) electrons. The maximum Gasteiger partial charge on any atom is 0.324 e. The third-order valence-electron chi connectivity index (χ3n) is 8.68. The summed E-state index contributed by atoms with van der Waals surface area (Å²) < 4.78 is 30.8. The van der Waals surface area contributed by atoms with Crippen molar-refractivity contribution in [1.82, 2.24) is 4.31 Å². The number of aromatic hydroxyl groups is 1. The van der Waals surface area contributed by atoms with Crippen molar-refractivity contribution in [2.24, 2.45) is 22.4 Å². The summed E-state index contributed by atoms with van der Waals surface area (Å²) in [6, 6.07) is 5.02. The first-order chi connectivity index (χ1) is 14.7. The molecule has 4 aliphatic rings. The Bertz CT molecular complexity index is 996. The second-order valence-corrected chi connectivity index (χ2v) is 11.7. The van der Waals surface area contributed by atoms with Crippen LogP contribution in [0.25, 0.3) is 0 Å². The van der Waals surface area contributed by atoms with Crippen molar-refractivity contribution in [3.8, 4) is 5.75 Å². The monoisotopic (exact) mass is 448 g/mol. The van der Waals surface area contributed by atoms with Crippen LogP contribution in [0.2, 0.25) is 0 Å². The molecule has 1 aromatic carbocycles. The van der Waals surface area contributed by atoms with E-state index in [1.807, 2.05) is 6.07 Å². The SMILES string of the molecule is C[C@]12CC[C@@H]3c4ccc(O)cc4CC[C@H]3[C@@H]1CC[C@@H]2OC(=O)[C@@H]1CCCN1S(N)(=O)=O. The standard InChI is InChI=1S/C23H32N2O5S/c1-23-11-10-17-16-7-5-15(26)13-14(16)4-6-18(17)19(23)8-9-21(23)30-22(27)20-3-2-12-25(20)31(24,28)29/h5,7,13,17-21,26H,2-4,6,8-12H2,1H3,(H2,24,28,29)/t17-,18-,19+,20+,21+,23+/m1/s1. The molecule has 0 bridgehead atoms. The van der Waals surface area contributed by atoms with Crippen LogP contribution in [0.4, 0.5) is 0 Å². The van der Waals surface area contributed by atoms with Crippen molar-refractivity contribution >= 4 is 16.2 Å². The molecule has 8 heteroatoms. The number of carbonyl (C=O) groups excluding carboxylic acids is 1. The Kier molecular flexibility index (Phi) is 5.10. The Labute approximate surface area is 184 Å². The van der Waals surface area contributed by atoms with Gasteiger partial charge in [-0.05, 0) is 92.4 Å². The highest BCUT2D eigenvalue weighted by molar-refractivity contribution is 7.86. The normalized spacial score (nSPS) is 37.7. The minimum atomic E-state index is -3.90. The van der Waals surface area contributed by atoms with Gasteiger partial charge in [0.05, 0.1) is 0 Å². The number of hydrogen-bond acceptors (Lipinski definition) is 5. The second kappa shape index (κ2) is 7.46. The topological polar surface area (TPSA) is 110 Å². The van der Waals surface area contributed by atoms with Gasteiger partial charge in [-0.1, -0.05) is 13.0 Å². The molecule has 31 heavy (non-hydrogen) atoms. The smallest absolute Gasteiger partial charge is 0.324 e. The van der Waals surface area contributed by atoms with E-state index in [2.05, 4.69) is 13.0 Å². The van der Waals surface area contributed by atoms with Crippen LogP contribution in [0, 0.1) is 17.3 Å². The van der Waals surface area contributed by atoms with Crippen molar-refractivity contribution < 1.29 is 23.1 Å². The molecule has 1 aromatic rings. The summed E-state index contributed by atoms with van der Waals surface area (Å²) in [5, 5.41) is 15.2. The van der Waals surface area contributed by atoms with Crippen LogP contribution in [0.3, 0.4) is 0 Å². The quantitative estimate of drug-likeness (QED) is 0.691. The minimum Gasteiger partial charge on any atom is -0.508 e. The molecule has 3 fully saturated rings. The molecule has 1 saturated heterocycles. The van der Waals surface area contributed by atoms with Gasteiger partial charge in [-0.15, -0.1) is 0 Å². The number of ether oxygens (including phenoxy) is 1. The predicted molar refractivity (Wildman–Crippen MR) is 115 cm³/mol. The van der Waals surface area contributed by atoms with Crippen molar-refractivity contribution in [1.29, 1.82) is 0 Å². The third kappa shape index (κ3) is 3.47. The molecule has 5 rings (SSSR count). The van der Waals surface area contributed by atoms with Crippen molar-refractivity contribution in [2.75, 3.05) is 6.54 Å².